The predicted molar refractivity (Wildman–Crippen MR) is 109 cm³/mol. The average molecular weight is 407 g/mol. The second-order valence-corrected chi connectivity index (χ2v) is 7.80. The number of nitriles is 1. The number of thiophene rings is 2. The van der Waals surface area contributed by atoms with Crippen LogP contribution in [0.4, 0.5) is 0 Å². The summed E-state index contributed by atoms with van der Waals surface area (Å²) in [6.07, 6.45) is -0.729. The number of hydrogen-bond acceptors (Lipinski definition) is 7. The highest BCUT2D eigenvalue weighted by Crippen LogP contribution is 2.33. The van der Waals surface area contributed by atoms with Gasteiger partial charge >= 0.3 is 5.97 Å². The number of nitrogens with zero attached hydrogens (tertiary/aromatic N) is 2. The Morgan fingerprint density at radius 3 is 2.71 bits per heavy atom. The van der Waals surface area contributed by atoms with Gasteiger partial charge in [-0.2, -0.15) is 5.26 Å². The van der Waals surface area contributed by atoms with Gasteiger partial charge in [0.2, 0.25) is 0 Å². The maximum absolute atomic E-state index is 12.7. The van der Waals surface area contributed by atoms with Gasteiger partial charge in [0.15, 0.2) is 11.9 Å². The molecule has 0 aliphatic rings. The van der Waals surface area contributed by atoms with Crippen LogP contribution in [0.1, 0.15) is 34.8 Å². The van der Waals surface area contributed by atoms with E-state index >= 15 is 0 Å². The standard InChI is InChI=1S/C20H13N3O3S2/c1-11(26-20(25)13-6-4-12(9-21)5-7-13)17-22-18(24)16-14(10-28-19(16)23-17)15-3-2-8-27-15/h2-8,10-11H,1H3,(H,22,23,24)/t11-/m1/s1. The van der Waals surface area contributed by atoms with E-state index in [1.807, 2.05) is 29.0 Å². The van der Waals surface area contributed by atoms with E-state index in [0.717, 1.165) is 10.4 Å². The molecule has 1 atom stereocenters. The van der Waals surface area contributed by atoms with Gasteiger partial charge in [0, 0.05) is 15.8 Å². The summed E-state index contributed by atoms with van der Waals surface area (Å²) >= 11 is 2.94. The zero-order valence-corrected chi connectivity index (χ0v) is 16.3. The Balaban J connectivity index is 1.61. The Bertz CT molecular complexity index is 1250. The maximum atomic E-state index is 12.7. The number of H-pyrrole nitrogens is 1. The van der Waals surface area contributed by atoms with Crippen molar-refractivity contribution < 1.29 is 9.53 Å². The van der Waals surface area contributed by atoms with Gasteiger partial charge in [0.05, 0.1) is 22.6 Å². The molecule has 0 radical (unpaired) electrons. The first-order valence-corrected chi connectivity index (χ1v) is 10.1. The second-order valence-electron chi connectivity index (χ2n) is 5.99. The van der Waals surface area contributed by atoms with Gasteiger partial charge in [-0.1, -0.05) is 6.07 Å². The molecule has 0 aliphatic heterocycles. The molecule has 0 bridgehead atoms. The first-order chi connectivity index (χ1) is 13.6. The quantitative estimate of drug-likeness (QED) is 0.502. The van der Waals surface area contributed by atoms with Crippen molar-refractivity contribution in [1.82, 2.24) is 9.97 Å². The summed E-state index contributed by atoms with van der Waals surface area (Å²) in [4.78, 5) is 33.8. The predicted octanol–water partition coefficient (Wildman–Crippen LogP) is 4.50. The highest BCUT2D eigenvalue weighted by molar-refractivity contribution is 7.18. The second kappa shape index (κ2) is 7.38. The molecule has 138 valence electrons. The smallest absolute Gasteiger partial charge is 0.338 e. The van der Waals surface area contributed by atoms with Crippen molar-refractivity contribution in [2.45, 2.75) is 13.0 Å². The summed E-state index contributed by atoms with van der Waals surface area (Å²) < 4.78 is 5.43. The zero-order valence-electron chi connectivity index (χ0n) is 14.6. The van der Waals surface area contributed by atoms with Crippen LogP contribution >= 0.6 is 22.7 Å². The number of benzene rings is 1. The van der Waals surface area contributed by atoms with E-state index in [1.54, 1.807) is 30.4 Å². The van der Waals surface area contributed by atoms with Crippen molar-refractivity contribution >= 4 is 38.9 Å². The Morgan fingerprint density at radius 2 is 2.04 bits per heavy atom. The largest absolute Gasteiger partial charge is 0.451 e. The van der Waals surface area contributed by atoms with Crippen LogP contribution in [0.3, 0.4) is 0 Å². The summed E-state index contributed by atoms with van der Waals surface area (Å²) in [5.74, 6) is -0.260. The monoisotopic (exact) mass is 407 g/mol. The normalized spacial score (nSPS) is 11.9. The fraction of sp³-hybridized carbons (Fsp3) is 0.100. The molecule has 0 saturated heterocycles. The van der Waals surface area contributed by atoms with Crippen LogP contribution in [0.15, 0.2) is 52.0 Å². The minimum Gasteiger partial charge on any atom is -0.451 e. The molecule has 4 aromatic rings. The van der Waals surface area contributed by atoms with Crippen molar-refractivity contribution in [3.05, 3.63) is 74.5 Å². The number of aromatic amines is 1. The SMILES string of the molecule is C[C@@H](OC(=O)c1ccc(C#N)cc1)c1nc2scc(-c3cccs3)c2c(=O)[nH]1. The summed E-state index contributed by atoms with van der Waals surface area (Å²) in [5.41, 5.74) is 1.38. The van der Waals surface area contributed by atoms with E-state index in [4.69, 9.17) is 10.00 Å². The summed E-state index contributed by atoms with van der Waals surface area (Å²) in [6.45, 7) is 1.65. The molecular formula is C20H13N3O3S2. The van der Waals surface area contributed by atoms with Gasteiger partial charge in [-0.15, -0.1) is 22.7 Å². The minimum atomic E-state index is -0.729. The number of carbonyl (C=O) groups excluding carboxylic acids is 1. The molecule has 8 heteroatoms. The molecule has 3 heterocycles. The summed E-state index contributed by atoms with van der Waals surface area (Å²) in [5, 5.41) is 13.2. The molecule has 4 rings (SSSR count). The fourth-order valence-corrected chi connectivity index (χ4v) is 4.51. The average Bonchev–Trinajstić information content (AvgIpc) is 3.37. The Morgan fingerprint density at radius 1 is 1.25 bits per heavy atom. The molecular weight excluding hydrogens is 394 g/mol. The maximum Gasteiger partial charge on any atom is 0.338 e. The van der Waals surface area contributed by atoms with Gasteiger partial charge in [-0.3, -0.25) is 4.79 Å². The number of aromatic nitrogens is 2. The van der Waals surface area contributed by atoms with Crippen LogP contribution in [0.5, 0.6) is 0 Å². The Hall–Kier alpha value is -3.28. The van der Waals surface area contributed by atoms with Crippen molar-refractivity contribution in [2.24, 2.45) is 0 Å². The van der Waals surface area contributed by atoms with E-state index in [0.29, 0.717) is 27.2 Å². The van der Waals surface area contributed by atoms with Gasteiger partial charge < -0.3 is 9.72 Å². The number of rotatable bonds is 4. The van der Waals surface area contributed by atoms with Crippen LogP contribution < -0.4 is 5.56 Å². The van der Waals surface area contributed by atoms with Gasteiger partial charge in [-0.25, -0.2) is 9.78 Å². The first kappa shape index (κ1) is 18.1. The molecule has 6 nitrogen and oxygen atoms in total. The van der Waals surface area contributed by atoms with Gasteiger partial charge in [0.1, 0.15) is 4.83 Å². The Kier molecular flexibility index (Phi) is 4.77. The number of carbonyl (C=O) groups is 1. The van der Waals surface area contributed by atoms with Crippen molar-refractivity contribution in [3.63, 3.8) is 0 Å². The number of nitrogens with one attached hydrogen (secondary N) is 1. The van der Waals surface area contributed by atoms with Crippen molar-refractivity contribution in [3.8, 4) is 16.5 Å². The van der Waals surface area contributed by atoms with Crippen LogP contribution in [0.25, 0.3) is 20.7 Å². The highest BCUT2D eigenvalue weighted by Gasteiger charge is 2.19. The van der Waals surface area contributed by atoms with Crippen molar-refractivity contribution in [1.29, 1.82) is 5.26 Å². The summed E-state index contributed by atoms with van der Waals surface area (Å²) in [6, 6.07) is 12.0. The molecule has 0 aliphatic carbocycles. The van der Waals surface area contributed by atoms with Crippen molar-refractivity contribution in [2.75, 3.05) is 0 Å². The lowest BCUT2D eigenvalue weighted by Gasteiger charge is -2.12. The van der Waals surface area contributed by atoms with Gasteiger partial charge in [-0.05, 0) is 42.6 Å². The molecule has 0 fully saturated rings. The lowest BCUT2D eigenvalue weighted by atomic mass is 10.1. The highest BCUT2D eigenvalue weighted by atomic mass is 32.1. The fourth-order valence-electron chi connectivity index (χ4n) is 2.74. The molecule has 0 amide bonds. The Labute approximate surface area is 167 Å². The molecule has 1 aromatic carbocycles. The number of esters is 1. The van der Waals surface area contributed by atoms with Crippen LogP contribution in [-0.4, -0.2) is 15.9 Å². The van der Waals surface area contributed by atoms with E-state index in [-0.39, 0.29) is 5.56 Å². The lowest BCUT2D eigenvalue weighted by molar-refractivity contribution is 0.0320. The number of fused-ring (bicyclic) bond motifs is 1. The minimum absolute atomic E-state index is 0.258. The van der Waals surface area contributed by atoms with E-state index < -0.39 is 12.1 Å². The summed E-state index contributed by atoms with van der Waals surface area (Å²) in [7, 11) is 0. The zero-order chi connectivity index (χ0) is 19.7. The van der Waals surface area contributed by atoms with Crippen LogP contribution in [0, 0.1) is 11.3 Å². The first-order valence-electron chi connectivity index (χ1n) is 8.33. The van der Waals surface area contributed by atoms with E-state index in [9.17, 15) is 9.59 Å². The number of ether oxygens (including phenoxy) is 1. The third-order valence-corrected chi connectivity index (χ3v) is 5.94. The molecule has 28 heavy (non-hydrogen) atoms. The topological polar surface area (TPSA) is 95.8 Å². The van der Waals surface area contributed by atoms with Crippen LogP contribution in [0.2, 0.25) is 0 Å². The molecule has 0 spiro atoms. The van der Waals surface area contributed by atoms with Gasteiger partial charge in [0.25, 0.3) is 5.56 Å². The molecule has 0 saturated carbocycles. The third kappa shape index (κ3) is 3.33. The molecule has 1 N–H and O–H groups in total. The molecule has 3 aromatic heterocycles. The third-order valence-electron chi connectivity index (χ3n) is 4.17. The van der Waals surface area contributed by atoms with Crippen LogP contribution in [-0.2, 0) is 4.74 Å². The van der Waals surface area contributed by atoms with E-state index in [1.165, 1.54) is 23.5 Å². The lowest BCUT2D eigenvalue weighted by Crippen LogP contribution is -2.17. The molecule has 0 unspecified atom stereocenters. The number of hydrogen-bond donors (Lipinski definition) is 1. The van der Waals surface area contributed by atoms with E-state index in [2.05, 4.69) is 9.97 Å².